The molecule has 0 spiro atoms. The summed E-state index contributed by atoms with van der Waals surface area (Å²) in [4.78, 5) is 3.97. The highest BCUT2D eigenvalue weighted by molar-refractivity contribution is 4.70. The number of nitrogens with zero attached hydrogens (tertiary/aromatic N) is 2. The minimum Gasteiger partial charge on any atom is -0.365 e. The van der Waals surface area contributed by atoms with E-state index in [4.69, 9.17) is 0 Å². The molecule has 0 aromatic heterocycles. The van der Waals surface area contributed by atoms with Gasteiger partial charge in [-0.1, -0.05) is 6.92 Å². The molecule has 1 heterocycles. The maximum Gasteiger partial charge on any atom is 0.165 e. The van der Waals surface area contributed by atoms with Crippen LogP contribution >= 0.6 is 0 Å². The SMILES string of the molecule is CC1CCN(C(O)N(C)C)CC1. The van der Waals surface area contributed by atoms with Crippen LogP contribution in [0.1, 0.15) is 19.8 Å². The summed E-state index contributed by atoms with van der Waals surface area (Å²) in [5.41, 5.74) is 0. The van der Waals surface area contributed by atoms with E-state index in [1.54, 1.807) is 0 Å². The lowest BCUT2D eigenvalue weighted by Crippen LogP contribution is -2.48. The van der Waals surface area contributed by atoms with Gasteiger partial charge in [0.2, 0.25) is 0 Å². The molecule has 1 fully saturated rings. The van der Waals surface area contributed by atoms with E-state index in [-0.39, 0.29) is 0 Å². The number of piperidine rings is 1. The first-order valence-electron chi connectivity index (χ1n) is 4.70. The minimum absolute atomic E-state index is 0.391. The van der Waals surface area contributed by atoms with Gasteiger partial charge in [0.15, 0.2) is 6.35 Å². The summed E-state index contributed by atoms with van der Waals surface area (Å²) in [5.74, 6) is 0.829. The first-order valence-corrected chi connectivity index (χ1v) is 4.70. The van der Waals surface area contributed by atoms with Gasteiger partial charge < -0.3 is 5.11 Å². The van der Waals surface area contributed by atoms with Gasteiger partial charge >= 0.3 is 0 Å². The zero-order valence-corrected chi connectivity index (χ0v) is 8.32. The molecule has 0 radical (unpaired) electrons. The molecule has 1 aliphatic heterocycles. The fourth-order valence-corrected chi connectivity index (χ4v) is 1.59. The highest BCUT2D eigenvalue weighted by Gasteiger charge is 2.22. The largest absolute Gasteiger partial charge is 0.365 e. The predicted molar refractivity (Wildman–Crippen MR) is 49.7 cm³/mol. The van der Waals surface area contributed by atoms with Gasteiger partial charge in [-0.05, 0) is 32.9 Å². The Balaban J connectivity index is 2.34. The Kier molecular flexibility index (Phi) is 3.50. The molecule has 12 heavy (non-hydrogen) atoms. The van der Waals surface area contributed by atoms with Crippen molar-refractivity contribution in [1.29, 1.82) is 0 Å². The Morgan fingerprint density at radius 1 is 1.33 bits per heavy atom. The molecule has 0 bridgehead atoms. The second kappa shape index (κ2) is 4.21. The number of hydrogen-bond acceptors (Lipinski definition) is 3. The van der Waals surface area contributed by atoms with Crippen molar-refractivity contribution in [3.8, 4) is 0 Å². The van der Waals surface area contributed by atoms with Crippen LogP contribution in [0, 0.1) is 5.92 Å². The van der Waals surface area contributed by atoms with E-state index in [1.807, 2.05) is 19.0 Å². The Morgan fingerprint density at radius 2 is 1.83 bits per heavy atom. The van der Waals surface area contributed by atoms with E-state index in [0.717, 1.165) is 19.0 Å². The standard InChI is InChI=1S/C9H20N2O/c1-8-4-6-11(7-5-8)9(12)10(2)3/h8-9,12H,4-7H2,1-3H3. The number of likely N-dealkylation sites (tertiary alicyclic amines) is 1. The van der Waals surface area contributed by atoms with Crippen LogP contribution < -0.4 is 0 Å². The van der Waals surface area contributed by atoms with Gasteiger partial charge in [-0.2, -0.15) is 0 Å². The molecule has 1 unspecified atom stereocenters. The molecule has 0 aromatic carbocycles. The lowest BCUT2D eigenvalue weighted by Gasteiger charge is -2.36. The fourth-order valence-electron chi connectivity index (χ4n) is 1.59. The zero-order chi connectivity index (χ0) is 9.14. The van der Waals surface area contributed by atoms with E-state index in [0.29, 0.717) is 0 Å². The van der Waals surface area contributed by atoms with E-state index < -0.39 is 6.35 Å². The van der Waals surface area contributed by atoms with Crippen LogP contribution in [-0.4, -0.2) is 48.4 Å². The van der Waals surface area contributed by atoms with Gasteiger partial charge in [0.05, 0.1) is 0 Å². The van der Waals surface area contributed by atoms with Crippen molar-refractivity contribution in [3.63, 3.8) is 0 Å². The molecule has 0 saturated carbocycles. The average molecular weight is 172 g/mol. The quantitative estimate of drug-likeness (QED) is 0.616. The molecule has 0 aromatic rings. The highest BCUT2D eigenvalue weighted by Crippen LogP contribution is 2.17. The van der Waals surface area contributed by atoms with Crippen LogP contribution in [0.5, 0.6) is 0 Å². The summed E-state index contributed by atoms with van der Waals surface area (Å²) in [6, 6.07) is 0. The normalized spacial score (nSPS) is 24.8. The van der Waals surface area contributed by atoms with Gasteiger partial charge in [-0.3, -0.25) is 9.80 Å². The molecule has 1 aliphatic rings. The van der Waals surface area contributed by atoms with Gasteiger partial charge in [0, 0.05) is 13.1 Å². The van der Waals surface area contributed by atoms with Crippen molar-refractivity contribution in [2.45, 2.75) is 26.1 Å². The monoisotopic (exact) mass is 172 g/mol. The lowest BCUT2D eigenvalue weighted by molar-refractivity contribution is -0.101. The van der Waals surface area contributed by atoms with Crippen LogP contribution in [0.15, 0.2) is 0 Å². The molecule has 0 aliphatic carbocycles. The minimum atomic E-state index is -0.391. The molecule has 1 N–H and O–H groups in total. The van der Waals surface area contributed by atoms with Gasteiger partial charge in [0.25, 0.3) is 0 Å². The summed E-state index contributed by atoms with van der Waals surface area (Å²) in [5, 5.41) is 9.69. The maximum absolute atomic E-state index is 9.69. The Bertz CT molecular complexity index is 130. The Hall–Kier alpha value is -0.120. The van der Waals surface area contributed by atoms with Crippen molar-refractivity contribution < 1.29 is 5.11 Å². The average Bonchev–Trinajstić information content (AvgIpc) is 2.04. The number of hydrogen-bond donors (Lipinski definition) is 1. The fraction of sp³-hybridized carbons (Fsp3) is 1.00. The van der Waals surface area contributed by atoms with Crippen LogP contribution in [0.3, 0.4) is 0 Å². The smallest absolute Gasteiger partial charge is 0.165 e. The topological polar surface area (TPSA) is 26.7 Å². The Labute approximate surface area is 75.0 Å². The van der Waals surface area contributed by atoms with Crippen LogP contribution in [-0.2, 0) is 0 Å². The third-order valence-corrected chi connectivity index (χ3v) is 2.61. The molecule has 1 rings (SSSR count). The third kappa shape index (κ3) is 2.44. The molecule has 3 heteroatoms. The first kappa shape index (κ1) is 9.96. The summed E-state index contributed by atoms with van der Waals surface area (Å²) >= 11 is 0. The summed E-state index contributed by atoms with van der Waals surface area (Å²) in [6.45, 7) is 4.33. The summed E-state index contributed by atoms with van der Waals surface area (Å²) in [7, 11) is 3.81. The molecular formula is C9H20N2O. The molecular weight excluding hydrogens is 152 g/mol. The van der Waals surface area contributed by atoms with Gasteiger partial charge in [0.1, 0.15) is 0 Å². The Morgan fingerprint density at radius 3 is 2.25 bits per heavy atom. The molecule has 1 saturated heterocycles. The number of rotatable bonds is 2. The van der Waals surface area contributed by atoms with Crippen molar-refractivity contribution in [1.82, 2.24) is 9.80 Å². The third-order valence-electron chi connectivity index (χ3n) is 2.61. The van der Waals surface area contributed by atoms with E-state index in [9.17, 15) is 5.11 Å². The molecule has 0 amide bonds. The van der Waals surface area contributed by atoms with Crippen LogP contribution in [0.4, 0.5) is 0 Å². The van der Waals surface area contributed by atoms with Gasteiger partial charge in [-0.15, -0.1) is 0 Å². The summed E-state index contributed by atoms with van der Waals surface area (Å²) in [6.07, 6.45) is 2.04. The zero-order valence-electron chi connectivity index (χ0n) is 8.32. The second-order valence-electron chi connectivity index (χ2n) is 4.03. The van der Waals surface area contributed by atoms with E-state index in [2.05, 4.69) is 11.8 Å². The van der Waals surface area contributed by atoms with Crippen LogP contribution in [0.2, 0.25) is 0 Å². The lowest BCUT2D eigenvalue weighted by atomic mass is 9.99. The molecule has 3 nitrogen and oxygen atoms in total. The van der Waals surface area contributed by atoms with Crippen molar-refractivity contribution >= 4 is 0 Å². The molecule has 1 atom stereocenters. The van der Waals surface area contributed by atoms with Crippen LogP contribution in [0.25, 0.3) is 0 Å². The van der Waals surface area contributed by atoms with E-state index in [1.165, 1.54) is 12.8 Å². The maximum atomic E-state index is 9.69. The predicted octanol–water partition coefficient (Wildman–Crippen LogP) is 0.556. The first-order chi connectivity index (χ1) is 5.61. The second-order valence-corrected chi connectivity index (χ2v) is 4.03. The van der Waals surface area contributed by atoms with E-state index >= 15 is 0 Å². The highest BCUT2D eigenvalue weighted by atomic mass is 16.3. The van der Waals surface area contributed by atoms with Gasteiger partial charge in [-0.25, -0.2) is 0 Å². The van der Waals surface area contributed by atoms with Crippen molar-refractivity contribution in [3.05, 3.63) is 0 Å². The number of aliphatic hydroxyl groups is 1. The van der Waals surface area contributed by atoms with Crippen molar-refractivity contribution in [2.24, 2.45) is 5.92 Å². The molecule has 72 valence electrons. The van der Waals surface area contributed by atoms with Crippen molar-refractivity contribution in [2.75, 3.05) is 27.2 Å². The number of aliphatic hydroxyl groups excluding tert-OH is 1. The summed E-state index contributed by atoms with van der Waals surface area (Å²) < 4.78 is 0.